The smallest absolute Gasteiger partial charge is 0.253 e. The van der Waals surface area contributed by atoms with Crippen molar-refractivity contribution in [2.24, 2.45) is 5.92 Å². The van der Waals surface area contributed by atoms with Crippen LogP contribution in [-0.2, 0) is 0 Å². The van der Waals surface area contributed by atoms with E-state index >= 15 is 0 Å². The minimum Gasteiger partial charge on any atom is -0.253 e. The molecule has 2 unspecified atom stereocenters. The maximum Gasteiger partial charge on any atom is 0.391 e. The Kier molecular flexibility index (Phi) is 3.78. The van der Waals surface area contributed by atoms with E-state index in [0.717, 1.165) is 6.42 Å². The van der Waals surface area contributed by atoms with E-state index in [0.29, 0.717) is 6.42 Å². The van der Waals surface area contributed by atoms with Gasteiger partial charge in [0.05, 0.1) is 5.92 Å². The first-order valence-electron chi connectivity index (χ1n) is 4.90. The van der Waals surface area contributed by atoms with E-state index in [-0.39, 0.29) is 18.9 Å². The summed E-state index contributed by atoms with van der Waals surface area (Å²) in [6.07, 6.45) is -2.02. The molecule has 1 saturated carbocycles. The second-order valence-electron chi connectivity index (χ2n) is 4.13. The Morgan fingerprint density at radius 1 is 1.21 bits per heavy atom. The zero-order valence-electron chi connectivity index (χ0n) is 8.56. The Hall–Kier alpha value is -0.290. The minimum absolute atomic E-state index is 0.0228. The van der Waals surface area contributed by atoms with Crippen LogP contribution in [0.15, 0.2) is 0 Å². The zero-order chi connectivity index (χ0) is 10.8. The molecule has 1 N–H and O–H groups in total. The Bertz CT molecular complexity index is 179. The molecule has 0 bridgehead atoms. The molecular weight excluding hydrogens is 193 g/mol. The normalized spacial score (nSPS) is 29.6. The second-order valence-corrected chi connectivity index (χ2v) is 4.13. The number of nitrogens with zero attached hydrogens (tertiary/aromatic N) is 1. The van der Waals surface area contributed by atoms with Crippen LogP contribution < -0.4 is 5.43 Å². The van der Waals surface area contributed by atoms with Crippen LogP contribution in [0.1, 0.15) is 25.7 Å². The molecule has 0 spiro atoms. The molecule has 1 aliphatic rings. The largest absolute Gasteiger partial charge is 0.391 e. The number of alkyl halides is 3. The van der Waals surface area contributed by atoms with Gasteiger partial charge in [-0.3, -0.25) is 10.4 Å². The van der Waals surface area contributed by atoms with Crippen molar-refractivity contribution in [3.8, 4) is 0 Å². The molecule has 1 fully saturated rings. The van der Waals surface area contributed by atoms with Crippen LogP contribution in [0.5, 0.6) is 0 Å². The van der Waals surface area contributed by atoms with Gasteiger partial charge in [0, 0.05) is 20.1 Å². The predicted octanol–water partition coefficient (Wildman–Crippen LogP) is 2.17. The molecule has 0 saturated heterocycles. The maximum absolute atomic E-state index is 12.4. The average Bonchev–Trinajstić information content (AvgIpc) is 2.01. The van der Waals surface area contributed by atoms with Gasteiger partial charge in [-0.1, -0.05) is 6.42 Å². The molecule has 0 aromatic rings. The van der Waals surface area contributed by atoms with E-state index in [1.54, 1.807) is 19.1 Å². The summed E-state index contributed by atoms with van der Waals surface area (Å²) in [6, 6.07) is -0.0228. The molecule has 84 valence electrons. The molecule has 14 heavy (non-hydrogen) atoms. The van der Waals surface area contributed by atoms with Gasteiger partial charge in [0.15, 0.2) is 0 Å². The van der Waals surface area contributed by atoms with Crippen molar-refractivity contribution in [1.82, 2.24) is 10.4 Å². The summed E-state index contributed by atoms with van der Waals surface area (Å²) in [5, 5.41) is 1.73. The number of rotatable bonds is 2. The lowest BCUT2D eigenvalue weighted by Gasteiger charge is -2.32. The first-order valence-corrected chi connectivity index (χ1v) is 4.90. The number of hydrogen-bond acceptors (Lipinski definition) is 2. The van der Waals surface area contributed by atoms with Crippen LogP contribution in [0, 0.1) is 5.92 Å². The Morgan fingerprint density at radius 2 is 1.86 bits per heavy atom. The lowest BCUT2D eigenvalue weighted by molar-refractivity contribution is -0.184. The van der Waals surface area contributed by atoms with E-state index < -0.39 is 12.1 Å². The number of halogens is 3. The quantitative estimate of drug-likeness (QED) is 0.703. The SMILES string of the molecule is CN(C)NC1CCCC(C(F)(F)F)C1. The van der Waals surface area contributed by atoms with E-state index in [9.17, 15) is 13.2 Å². The fourth-order valence-electron chi connectivity index (χ4n) is 1.97. The van der Waals surface area contributed by atoms with Gasteiger partial charge in [-0.05, 0) is 19.3 Å². The standard InChI is InChI=1S/C9H17F3N2/c1-14(2)13-8-5-3-4-7(6-8)9(10,11)12/h7-8,13H,3-6H2,1-2H3. The van der Waals surface area contributed by atoms with Crippen molar-refractivity contribution >= 4 is 0 Å². The fourth-order valence-corrected chi connectivity index (χ4v) is 1.97. The zero-order valence-corrected chi connectivity index (χ0v) is 8.56. The van der Waals surface area contributed by atoms with Gasteiger partial charge < -0.3 is 0 Å². The summed E-state index contributed by atoms with van der Waals surface area (Å²) in [4.78, 5) is 0. The van der Waals surface area contributed by atoms with Gasteiger partial charge in [0.1, 0.15) is 0 Å². The van der Waals surface area contributed by atoms with Gasteiger partial charge in [0.2, 0.25) is 0 Å². The monoisotopic (exact) mass is 210 g/mol. The molecule has 0 aromatic carbocycles. The summed E-state index contributed by atoms with van der Waals surface area (Å²) in [7, 11) is 3.61. The molecule has 0 radical (unpaired) electrons. The van der Waals surface area contributed by atoms with Crippen LogP contribution in [0.25, 0.3) is 0 Å². The van der Waals surface area contributed by atoms with Crippen molar-refractivity contribution in [1.29, 1.82) is 0 Å². The van der Waals surface area contributed by atoms with Gasteiger partial charge in [0.25, 0.3) is 0 Å². The molecule has 0 amide bonds. The Balaban J connectivity index is 2.44. The lowest BCUT2D eigenvalue weighted by Crippen LogP contribution is -2.44. The van der Waals surface area contributed by atoms with Gasteiger partial charge in [-0.2, -0.15) is 13.2 Å². The van der Waals surface area contributed by atoms with E-state index in [4.69, 9.17) is 0 Å². The fraction of sp³-hybridized carbons (Fsp3) is 1.00. The molecule has 5 heteroatoms. The molecule has 1 aliphatic carbocycles. The van der Waals surface area contributed by atoms with Crippen LogP contribution >= 0.6 is 0 Å². The first kappa shape index (κ1) is 11.8. The third-order valence-corrected chi connectivity index (χ3v) is 2.58. The highest BCUT2D eigenvalue weighted by molar-refractivity contribution is 4.80. The molecule has 2 atom stereocenters. The molecular formula is C9H17F3N2. The first-order chi connectivity index (χ1) is 6.39. The van der Waals surface area contributed by atoms with Crippen molar-refractivity contribution in [3.63, 3.8) is 0 Å². The van der Waals surface area contributed by atoms with E-state index in [1.165, 1.54) is 0 Å². The molecule has 1 rings (SSSR count). The second kappa shape index (κ2) is 4.49. The van der Waals surface area contributed by atoms with E-state index in [2.05, 4.69) is 5.43 Å². The van der Waals surface area contributed by atoms with Crippen molar-refractivity contribution < 1.29 is 13.2 Å². The topological polar surface area (TPSA) is 15.3 Å². The highest BCUT2D eigenvalue weighted by Gasteiger charge is 2.42. The molecule has 0 heterocycles. The summed E-state index contributed by atoms with van der Waals surface area (Å²) < 4.78 is 37.2. The number of hydrazine groups is 1. The summed E-state index contributed by atoms with van der Waals surface area (Å²) in [6.45, 7) is 0. The summed E-state index contributed by atoms with van der Waals surface area (Å²) in [5.74, 6) is -1.12. The van der Waals surface area contributed by atoms with Gasteiger partial charge in [-0.15, -0.1) is 0 Å². The Labute approximate surface area is 82.4 Å². The molecule has 2 nitrogen and oxygen atoms in total. The number of nitrogens with one attached hydrogen (secondary N) is 1. The summed E-state index contributed by atoms with van der Waals surface area (Å²) >= 11 is 0. The third kappa shape index (κ3) is 3.46. The van der Waals surface area contributed by atoms with Crippen molar-refractivity contribution in [2.45, 2.75) is 37.9 Å². The van der Waals surface area contributed by atoms with Crippen LogP contribution in [0.3, 0.4) is 0 Å². The molecule has 0 aliphatic heterocycles. The third-order valence-electron chi connectivity index (χ3n) is 2.58. The minimum atomic E-state index is -4.02. The lowest BCUT2D eigenvalue weighted by atomic mass is 9.85. The van der Waals surface area contributed by atoms with Crippen LogP contribution in [0.4, 0.5) is 13.2 Å². The van der Waals surface area contributed by atoms with Crippen LogP contribution in [-0.4, -0.2) is 31.3 Å². The summed E-state index contributed by atoms with van der Waals surface area (Å²) in [5.41, 5.74) is 3.02. The van der Waals surface area contributed by atoms with Crippen molar-refractivity contribution in [3.05, 3.63) is 0 Å². The maximum atomic E-state index is 12.4. The predicted molar refractivity (Wildman–Crippen MR) is 48.6 cm³/mol. The van der Waals surface area contributed by atoms with E-state index in [1.807, 2.05) is 0 Å². The molecule has 0 aromatic heterocycles. The highest BCUT2D eigenvalue weighted by Crippen LogP contribution is 2.37. The number of hydrogen-bond donors (Lipinski definition) is 1. The average molecular weight is 210 g/mol. The van der Waals surface area contributed by atoms with Gasteiger partial charge in [-0.25, -0.2) is 0 Å². The van der Waals surface area contributed by atoms with Crippen molar-refractivity contribution in [2.75, 3.05) is 14.1 Å². The van der Waals surface area contributed by atoms with Gasteiger partial charge >= 0.3 is 6.18 Å². The van der Waals surface area contributed by atoms with Crippen LogP contribution in [0.2, 0.25) is 0 Å². The highest BCUT2D eigenvalue weighted by atomic mass is 19.4. The Morgan fingerprint density at radius 3 is 2.36 bits per heavy atom.